The molecule has 0 N–H and O–H groups in total. The normalized spacial score (nSPS) is 11.2. The molecule has 4 heteroatoms. The van der Waals surface area contributed by atoms with E-state index in [1.807, 2.05) is 36.4 Å². The van der Waals surface area contributed by atoms with Crippen molar-refractivity contribution in [2.75, 3.05) is 0 Å². The molecule has 0 aliphatic rings. The van der Waals surface area contributed by atoms with E-state index in [0.717, 1.165) is 66.5 Å². The Bertz CT molecular complexity index is 2980. The fraction of sp³-hybridized carbons (Fsp3) is 0. The number of pyridine rings is 1. The topological polar surface area (TPSA) is 51.6 Å². The molecular weight excluding hydrogens is 681 g/mol. The number of hydrogen-bond acceptors (Lipinski definition) is 4. The van der Waals surface area contributed by atoms with Crippen molar-refractivity contribution in [3.63, 3.8) is 0 Å². The average molecular weight is 715 g/mol. The predicted molar refractivity (Wildman–Crippen MR) is 231 cm³/mol. The Kier molecular flexibility index (Phi) is 8.47. The molecule has 0 radical (unpaired) electrons. The zero-order valence-corrected chi connectivity index (χ0v) is 30.4. The van der Waals surface area contributed by atoms with Crippen LogP contribution in [0.1, 0.15) is 0 Å². The first-order valence-corrected chi connectivity index (χ1v) is 18.8. The number of rotatable bonds is 7. The lowest BCUT2D eigenvalue weighted by atomic mass is 9.91. The van der Waals surface area contributed by atoms with E-state index in [1.165, 1.54) is 16.5 Å². The van der Waals surface area contributed by atoms with Crippen LogP contribution in [0, 0.1) is 0 Å². The number of nitrogens with zero attached hydrogens (tertiary/aromatic N) is 4. The Morgan fingerprint density at radius 1 is 0.250 bits per heavy atom. The summed E-state index contributed by atoms with van der Waals surface area (Å²) in [7, 11) is 0. The van der Waals surface area contributed by atoms with E-state index in [1.54, 1.807) is 0 Å². The highest BCUT2D eigenvalue weighted by atomic mass is 15.0. The molecule has 0 saturated carbocycles. The maximum Gasteiger partial charge on any atom is 0.164 e. The van der Waals surface area contributed by atoms with Gasteiger partial charge in [-0.05, 0) is 33.9 Å². The molecule has 10 aromatic rings. The van der Waals surface area contributed by atoms with Gasteiger partial charge in [-0.3, -0.25) is 0 Å². The van der Waals surface area contributed by atoms with Gasteiger partial charge in [0.25, 0.3) is 0 Å². The zero-order valence-electron chi connectivity index (χ0n) is 30.4. The van der Waals surface area contributed by atoms with Gasteiger partial charge in [-0.25, -0.2) is 19.9 Å². The summed E-state index contributed by atoms with van der Waals surface area (Å²) in [5.74, 6) is 1.88. The molecule has 8 aromatic carbocycles. The van der Waals surface area contributed by atoms with Crippen LogP contribution >= 0.6 is 0 Å². The van der Waals surface area contributed by atoms with E-state index in [9.17, 15) is 0 Å². The lowest BCUT2D eigenvalue weighted by molar-refractivity contribution is 1.07. The van der Waals surface area contributed by atoms with Crippen LogP contribution in [0.3, 0.4) is 0 Å². The van der Waals surface area contributed by atoms with Crippen molar-refractivity contribution in [2.24, 2.45) is 0 Å². The van der Waals surface area contributed by atoms with Crippen LogP contribution in [0.4, 0.5) is 0 Å². The van der Waals surface area contributed by atoms with Gasteiger partial charge >= 0.3 is 0 Å². The highest BCUT2D eigenvalue weighted by Gasteiger charge is 2.18. The first-order chi connectivity index (χ1) is 27.8. The van der Waals surface area contributed by atoms with Crippen molar-refractivity contribution in [1.29, 1.82) is 0 Å². The third kappa shape index (κ3) is 6.19. The fourth-order valence-electron chi connectivity index (χ4n) is 7.60. The van der Waals surface area contributed by atoms with E-state index >= 15 is 0 Å². The minimum atomic E-state index is 0.617. The first-order valence-electron chi connectivity index (χ1n) is 18.8. The Labute approximate surface area is 325 Å². The van der Waals surface area contributed by atoms with Crippen LogP contribution in [-0.2, 0) is 0 Å². The Morgan fingerprint density at radius 3 is 1.32 bits per heavy atom. The molecule has 56 heavy (non-hydrogen) atoms. The van der Waals surface area contributed by atoms with Gasteiger partial charge in [0.2, 0.25) is 0 Å². The number of benzene rings is 8. The van der Waals surface area contributed by atoms with Crippen molar-refractivity contribution in [3.8, 4) is 78.8 Å². The number of fused-ring (bicyclic) bond motifs is 3. The second-order valence-electron chi connectivity index (χ2n) is 13.8. The summed E-state index contributed by atoms with van der Waals surface area (Å²) in [6.45, 7) is 0. The van der Waals surface area contributed by atoms with E-state index in [0.29, 0.717) is 17.5 Å². The molecule has 0 amide bonds. The van der Waals surface area contributed by atoms with E-state index in [-0.39, 0.29) is 0 Å². The summed E-state index contributed by atoms with van der Waals surface area (Å²) in [6, 6.07) is 71.6. The maximum absolute atomic E-state index is 5.45. The van der Waals surface area contributed by atoms with Crippen LogP contribution in [0.15, 0.2) is 206 Å². The third-order valence-corrected chi connectivity index (χ3v) is 10.3. The van der Waals surface area contributed by atoms with E-state index < -0.39 is 0 Å². The maximum atomic E-state index is 5.45. The van der Waals surface area contributed by atoms with Crippen molar-refractivity contribution in [3.05, 3.63) is 206 Å². The van der Waals surface area contributed by atoms with Gasteiger partial charge in [0.05, 0.1) is 11.2 Å². The van der Waals surface area contributed by atoms with Crippen molar-refractivity contribution in [2.45, 2.75) is 0 Å². The van der Waals surface area contributed by atoms with Crippen LogP contribution < -0.4 is 0 Å². The molecule has 2 heterocycles. The zero-order chi connectivity index (χ0) is 37.3. The molecule has 10 rings (SSSR count). The second kappa shape index (κ2) is 14.3. The molecule has 0 unspecified atom stereocenters. The van der Waals surface area contributed by atoms with Gasteiger partial charge in [0, 0.05) is 44.0 Å². The first kappa shape index (κ1) is 33.0. The minimum absolute atomic E-state index is 0.617. The Balaban J connectivity index is 1.11. The van der Waals surface area contributed by atoms with Gasteiger partial charge in [-0.2, -0.15) is 0 Å². The molecule has 0 bridgehead atoms. The summed E-state index contributed by atoms with van der Waals surface area (Å²) in [5, 5.41) is 3.45. The summed E-state index contributed by atoms with van der Waals surface area (Å²) in [4.78, 5) is 20.5. The second-order valence-corrected chi connectivity index (χ2v) is 13.8. The quantitative estimate of drug-likeness (QED) is 0.154. The van der Waals surface area contributed by atoms with Gasteiger partial charge in [0.15, 0.2) is 17.5 Å². The summed E-state index contributed by atoms with van der Waals surface area (Å²) in [6.07, 6.45) is 0. The van der Waals surface area contributed by atoms with Gasteiger partial charge in [-0.15, -0.1) is 0 Å². The van der Waals surface area contributed by atoms with Crippen LogP contribution in [0.5, 0.6) is 0 Å². The van der Waals surface area contributed by atoms with E-state index in [4.69, 9.17) is 19.9 Å². The lowest BCUT2D eigenvalue weighted by Crippen LogP contribution is -2.00. The molecule has 0 saturated heterocycles. The summed E-state index contributed by atoms with van der Waals surface area (Å²) in [5.41, 5.74) is 12.5. The highest BCUT2D eigenvalue weighted by Crippen LogP contribution is 2.41. The molecule has 4 nitrogen and oxygen atoms in total. The molecule has 0 fully saturated rings. The Hall–Kier alpha value is -7.56. The average Bonchev–Trinajstić information content (AvgIpc) is 3.29. The monoisotopic (exact) mass is 714 g/mol. The smallest absolute Gasteiger partial charge is 0.164 e. The van der Waals surface area contributed by atoms with Crippen molar-refractivity contribution >= 4 is 21.7 Å². The molecule has 0 atom stereocenters. The lowest BCUT2D eigenvalue weighted by Gasteiger charge is -2.16. The van der Waals surface area contributed by atoms with Gasteiger partial charge < -0.3 is 0 Å². The fourth-order valence-corrected chi connectivity index (χ4v) is 7.60. The van der Waals surface area contributed by atoms with Crippen molar-refractivity contribution < 1.29 is 0 Å². The third-order valence-electron chi connectivity index (χ3n) is 10.3. The van der Waals surface area contributed by atoms with Crippen molar-refractivity contribution in [1.82, 2.24) is 19.9 Å². The molecule has 0 spiro atoms. The summed E-state index contributed by atoms with van der Waals surface area (Å²) >= 11 is 0. The molecule has 2 aromatic heterocycles. The highest BCUT2D eigenvalue weighted by molar-refractivity contribution is 6.19. The standard InChI is InChI=1S/C52H34N4/c1-5-16-35(17-6-1)41-24-13-25-42(34-41)52-55-50(39-22-11-4-12-23-39)54-51(56-52)40-32-30-37(31-33-40)44-27-15-29-46-47-43(36-18-7-2-8-19-36)26-14-28-45(47)48(53-49(44)46)38-20-9-3-10-21-38/h1-34H. The molecule has 0 aliphatic carbocycles. The Morgan fingerprint density at radius 2 is 0.679 bits per heavy atom. The van der Waals surface area contributed by atoms with E-state index in [2.05, 4.69) is 170 Å². The molecule has 0 aliphatic heterocycles. The number of para-hydroxylation sites is 1. The van der Waals surface area contributed by atoms with Crippen LogP contribution in [-0.4, -0.2) is 19.9 Å². The van der Waals surface area contributed by atoms with Gasteiger partial charge in [-0.1, -0.05) is 200 Å². The SMILES string of the molecule is c1ccc(-c2cccc(-c3nc(-c4ccccc4)nc(-c4ccc(-c5cccc6c5nc(-c5ccccc5)c5cccc(-c7ccccc7)c56)cc4)n3)c2)cc1. The predicted octanol–water partition coefficient (Wildman–Crippen LogP) is 13.2. The van der Waals surface area contributed by atoms with Crippen LogP contribution in [0.25, 0.3) is 100 Å². The molecule has 262 valence electrons. The number of hydrogen-bond donors (Lipinski definition) is 0. The van der Waals surface area contributed by atoms with Crippen LogP contribution in [0.2, 0.25) is 0 Å². The van der Waals surface area contributed by atoms with Gasteiger partial charge in [0.1, 0.15) is 0 Å². The number of aromatic nitrogens is 4. The minimum Gasteiger partial charge on any atom is -0.246 e. The summed E-state index contributed by atoms with van der Waals surface area (Å²) < 4.78 is 0. The molecular formula is C52H34N4. The largest absolute Gasteiger partial charge is 0.246 e.